The average molecular weight is 200 g/mol. The van der Waals surface area contributed by atoms with Gasteiger partial charge in [-0.1, -0.05) is 52.9 Å². The van der Waals surface area contributed by atoms with E-state index in [1.165, 1.54) is 38.5 Å². The highest BCUT2D eigenvalue weighted by Crippen LogP contribution is 2.07. The van der Waals surface area contributed by atoms with E-state index in [9.17, 15) is 0 Å². The van der Waals surface area contributed by atoms with Crippen molar-refractivity contribution in [1.29, 1.82) is 0 Å². The lowest BCUT2D eigenvalue weighted by Gasteiger charge is -2.13. The molecule has 0 aliphatic rings. The van der Waals surface area contributed by atoms with Crippen LogP contribution in [0.3, 0.4) is 0 Å². The largest absolute Gasteiger partial charge is 0.378 e. The third-order valence-electron chi connectivity index (χ3n) is 2.76. The van der Waals surface area contributed by atoms with Crippen LogP contribution < -0.4 is 0 Å². The smallest absolute Gasteiger partial charge is 0.0569 e. The molecule has 14 heavy (non-hydrogen) atoms. The lowest BCUT2D eigenvalue weighted by atomic mass is 10.1. The van der Waals surface area contributed by atoms with Crippen molar-refractivity contribution in [3.8, 4) is 0 Å². The molecule has 0 amide bonds. The van der Waals surface area contributed by atoms with E-state index >= 15 is 0 Å². The van der Waals surface area contributed by atoms with Crippen molar-refractivity contribution in [2.24, 2.45) is 0 Å². The van der Waals surface area contributed by atoms with Gasteiger partial charge >= 0.3 is 0 Å². The number of rotatable bonds is 10. The second kappa shape index (κ2) is 11.0. The van der Waals surface area contributed by atoms with Crippen molar-refractivity contribution in [2.75, 3.05) is 6.61 Å². The molecule has 0 fully saturated rings. The fourth-order valence-electron chi connectivity index (χ4n) is 1.66. The summed E-state index contributed by atoms with van der Waals surface area (Å²) in [7, 11) is 0. The quantitative estimate of drug-likeness (QED) is 0.470. The molecule has 1 nitrogen and oxygen atoms in total. The molecule has 0 atom stereocenters. The molecule has 0 aromatic heterocycles. The molecule has 0 rings (SSSR count). The maximum absolute atomic E-state index is 5.75. The zero-order valence-electron chi connectivity index (χ0n) is 10.3. The average Bonchev–Trinajstić information content (AvgIpc) is 2.22. The third-order valence-corrected chi connectivity index (χ3v) is 2.76. The molecular formula is C13H28O. The molecule has 0 heterocycles. The van der Waals surface area contributed by atoms with Crippen molar-refractivity contribution in [3.05, 3.63) is 0 Å². The first-order chi connectivity index (χ1) is 6.85. The Bertz CT molecular complexity index is 97.4. The first-order valence-electron chi connectivity index (χ1n) is 6.46. The molecule has 0 N–H and O–H groups in total. The number of hydrogen-bond donors (Lipinski definition) is 0. The maximum Gasteiger partial charge on any atom is 0.0569 e. The Labute approximate surface area is 90.2 Å². The Balaban J connectivity index is 3.04. The van der Waals surface area contributed by atoms with E-state index in [1.807, 2.05) is 0 Å². The molecule has 0 aromatic rings. The summed E-state index contributed by atoms with van der Waals surface area (Å²) in [4.78, 5) is 0. The van der Waals surface area contributed by atoms with Gasteiger partial charge in [0.15, 0.2) is 0 Å². The van der Waals surface area contributed by atoms with Crippen LogP contribution in [0.4, 0.5) is 0 Å². The van der Waals surface area contributed by atoms with Gasteiger partial charge in [0.1, 0.15) is 0 Å². The summed E-state index contributed by atoms with van der Waals surface area (Å²) in [6, 6.07) is 0. The second-order valence-electron chi connectivity index (χ2n) is 4.08. The first kappa shape index (κ1) is 14.0. The molecule has 0 radical (unpaired) electrons. The Morgan fingerprint density at radius 3 is 1.93 bits per heavy atom. The topological polar surface area (TPSA) is 9.23 Å². The number of hydrogen-bond acceptors (Lipinski definition) is 1. The Morgan fingerprint density at radius 2 is 1.36 bits per heavy atom. The minimum absolute atomic E-state index is 0.505. The lowest BCUT2D eigenvalue weighted by molar-refractivity contribution is 0.0457. The van der Waals surface area contributed by atoms with Crippen molar-refractivity contribution >= 4 is 0 Å². The summed E-state index contributed by atoms with van der Waals surface area (Å²) in [5.74, 6) is 0. The molecule has 0 aromatic carbocycles. The van der Waals surface area contributed by atoms with Crippen LogP contribution in [0.15, 0.2) is 0 Å². The standard InChI is InChI=1S/C13H28O/c1-4-7-8-9-10-11-12-14-13(5-2)6-3/h13H,4-12H2,1-3H3. The van der Waals surface area contributed by atoms with Gasteiger partial charge in [-0.3, -0.25) is 0 Å². The van der Waals surface area contributed by atoms with E-state index in [2.05, 4.69) is 20.8 Å². The van der Waals surface area contributed by atoms with Crippen LogP contribution in [0, 0.1) is 0 Å². The highest BCUT2D eigenvalue weighted by Gasteiger charge is 2.01. The summed E-state index contributed by atoms with van der Waals surface area (Å²) in [6.07, 6.45) is 10.9. The van der Waals surface area contributed by atoms with Gasteiger partial charge in [-0.05, 0) is 19.3 Å². The third kappa shape index (κ3) is 8.55. The van der Waals surface area contributed by atoms with Crippen molar-refractivity contribution < 1.29 is 4.74 Å². The van der Waals surface area contributed by atoms with Gasteiger partial charge in [0.05, 0.1) is 6.10 Å². The van der Waals surface area contributed by atoms with Crippen molar-refractivity contribution in [1.82, 2.24) is 0 Å². The minimum atomic E-state index is 0.505. The van der Waals surface area contributed by atoms with Crippen LogP contribution >= 0.6 is 0 Å². The zero-order valence-corrected chi connectivity index (χ0v) is 10.3. The molecule has 0 spiro atoms. The van der Waals surface area contributed by atoms with Gasteiger partial charge < -0.3 is 4.74 Å². The molecule has 1 heteroatoms. The van der Waals surface area contributed by atoms with Gasteiger partial charge in [0.25, 0.3) is 0 Å². The summed E-state index contributed by atoms with van der Waals surface area (Å²) < 4.78 is 5.75. The van der Waals surface area contributed by atoms with Crippen LogP contribution in [-0.2, 0) is 4.74 Å². The van der Waals surface area contributed by atoms with Gasteiger partial charge in [-0.2, -0.15) is 0 Å². The molecule has 0 unspecified atom stereocenters. The zero-order chi connectivity index (χ0) is 10.6. The van der Waals surface area contributed by atoms with E-state index in [-0.39, 0.29) is 0 Å². The monoisotopic (exact) mass is 200 g/mol. The van der Waals surface area contributed by atoms with Crippen LogP contribution in [0.5, 0.6) is 0 Å². The fourth-order valence-corrected chi connectivity index (χ4v) is 1.66. The Hall–Kier alpha value is -0.0400. The van der Waals surface area contributed by atoms with E-state index in [1.54, 1.807) is 0 Å². The molecular weight excluding hydrogens is 172 g/mol. The van der Waals surface area contributed by atoms with E-state index in [0.717, 1.165) is 19.4 Å². The Morgan fingerprint density at radius 1 is 0.786 bits per heavy atom. The van der Waals surface area contributed by atoms with Crippen molar-refractivity contribution in [3.63, 3.8) is 0 Å². The lowest BCUT2D eigenvalue weighted by Crippen LogP contribution is -2.10. The summed E-state index contributed by atoms with van der Waals surface area (Å²) >= 11 is 0. The molecule has 0 bridgehead atoms. The normalized spacial score (nSPS) is 11.1. The number of ether oxygens (including phenoxy) is 1. The van der Waals surface area contributed by atoms with Crippen LogP contribution in [0.25, 0.3) is 0 Å². The van der Waals surface area contributed by atoms with E-state index in [0.29, 0.717) is 6.10 Å². The SMILES string of the molecule is CCCCCCCCOC(CC)CC. The van der Waals surface area contributed by atoms with Crippen LogP contribution in [0.2, 0.25) is 0 Å². The predicted octanol–water partition coefficient (Wildman–Crippen LogP) is 4.55. The predicted molar refractivity (Wildman–Crippen MR) is 63.7 cm³/mol. The maximum atomic E-state index is 5.75. The van der Waals surface area contributed by atoms with E-state index < -0.39 is 0 Å². The summed E-state index contributed by atoms with van der Waals surface area (Å²) in [6.45, 7) is 7.64. The van der Waals surface area contributed by atoms with Crippen LogP contribution in [0.1, 0.15) is 72.1 Å². The van der Waals surface area contributed by atoms with Gasteiger partial charge in [0, 0.05) is 6.61 Å². The van der Waals surface area contributed by atoms with Gasteiger partial charge in [-0.15, -0.1) is 0 Å². The summed E-state index contributed by atoms with van der Waals surface area (Å²) in [5.41, 5.74) is 0. The highest BCUT2D eigenvalue weighted by atomic mass is 16.5. The molecule has 0 aliphatic heterocycles. The van der Waals surface area contributed by atoms with E-state index in [4.69, 9.17) is 4.74 Å². The fraction of sp³-hybridized carbons (Fsp3) is 1.00. The molecule has 0 saturated heterocycles. The van der Waals surface area contributed by atoms with Gasteiger partial charge in [0.2, 0.25) is 0 Å². The van der Waals surface area contributed by atoms with Crippen LogP contribution in [-0.4, -0.2) is 12.7 Å². The molecule has 0 saturated carbocycles. The van der Waals surface area contributed by atoms with Gasteiger partial charge in [-0.25, -0.2) is 0 Å². The summed E-state index contributed by atoms with van der Waals surface area (Å²) in [5, 5.41) is 0. The minimum Gasteiger partial charge on any atom is -0.378 e. The molecule has 0 aliphatic carbocycles. The second-order valence-corrected chi connectivity index (χ2v) is 4.08. The Kier molecular flexibility index (Phi) is 11.0. The molecule has 86 valence electrons. The highest BCUT2D eigenvalue weighted by molar-refractivity contribution is 4.51. The van der Waals surface area contributed by atoms with Crippen molar-refractivity contribution in [2.45, 2.75) is 78.2 Å². The first-order valence-corrected chi connectivity index (χ1v) is 6.46. The number of unbranched alkanes of at least 4 members (excludes halogenated alkanes) is 5.